The molecule has 0 saturated heterocycles. The van der Waals surface area contributed by atoms with Gasteiger partial charge in [0.25, 0.3) is 0 Å². The molecule has 5 nitrogen and oxygen atoms in total. The molecule has 0 unspecified atom stereocenters. The van der Waals surface area contributed by atoms with Gasteiger partial charge in [-0.15, -0.1) is 0 Å². The van der Waals surface area contributed by atoms with Crippen LogP contribution >= 0.6 is 0 Å². The van der Waals surface area contributed by atoms with Crippen LogP contribution in [0, 0.1) is 5.41 Å². The highest BCUT2D eigenvalue weighted by Gasteiger charge is 2.24. The van der Waals surface area contributed by atoms with Crippen LogP contribution in [0.25, 0.3) is 0 Å². The van der Waals surface area contributed by atoms with E-state index in [1.807, 2.05) is 30.1 Å². The molecule has 1 amide bonds. The Labute approximate surface area is 107 Å². The smallest absolute Gasteiger partial charge is 0.303 e. The summed E-state index contributed by atoms with van der Waals surface area (Å²) in [5.41, 5.74) is 0.508. The fourth-order valence-corrected chi connectivity index (χ4v) is 1.84. The van der Waals surface area contributed by atoms with Crippen LogP contribution in [0.5, 0.6) is 0 Å². The minimum Gasteiger partial charge on any atom is -0.481 e. The highest BCUT2D eigenvalue weighted by atomic mass is 16.4. The van der Waals surface area contributed by atoms with E-state index in [1.165, 1.54) is 0 Å². The Bertz CT molecular complexity index is 435. The van der Waals surface area contributed by atoms with Crippen molar-refractivity contribution >= 4 is 11.9 Å². The van der Waals surface area contributed by atoms with E-state index >= 15 is 0 Å². The molecule has 0 bridgehead atoms. The Kier molecular flexibility index (Phi) is 4.53. The molecule has 1 heterocycles. The molecule has 1 aromatic rings. The van der Waals surface area contributed by atoms with Crippen molar-refractivity contribution in [2.45, 2.75) is 33.2 Å². The minimum absolute atomic E-state index is 0.00818. The summed E-state index contributed by atoms with van der Waals surface area (Å²) in [6.07, 6.45) is 4.05. The van der Waals surface area contributed by atoms with Crippen LogP contribution in [0.2, 0.25) is 0 Å². The maximum absolute atomic E-state index is 11.7. The second-order valence-electron chi connectivity index (χ2n) is 5.37. The third-order valence-corrected chi connectivity index (χ3v) is 2.65. The van der Waals surface area contributed by atoms with E-state index in [9.17, 15) is 9.59 Å². The second-order valence-corrected chi connectivity index (χ2v) is 5.37. The second kappa shape index (κ2) is 5.71. The lowest BCUT2D eigenvalue weighted by molar-refractivity contribution is -0.139. The van der Waals surface area contributed by atoms with Gasteiger partial charge in [0, 0.05) is 32.4 Å². The summed E-state index contributed by atoms with van der Waals surface area (Å²) in [5, 5.41) is 11.5. The summed E-state index contributed by atoms with van der Waals surface area (Å²) in [7, 11) is 1.92. The minimum atomic E-state index is -0.879. The van der Waals surface area contributed by atoms with E-state index in [1.54, 1.807) is 13.8 Å². The van der Waals surface area contributed by atoms with Gasteiger partial charge in [-0.05, 0) is 17.0 Å². The van der Waals surface area contributed by atoms with E-state index in [0.29, 0.717) is 6.54 Å². The number of rotatable bonds is 6. The van der Waals surface area contributed by atoms with Crippen molar-refractivity contribution in [3.8, 4) is 0 Å². The lowest BCUT2D eigenvalue weighted by atomic mass is 9.85. The number of carbonyl (C=O) groups is 2. The summed E-state index contributed by atoms with van der Waals surface area (Å²) < 4.78 is 1.91. The van der Waals surface area contributed by atoms with Gasteiger partial charge in [-0.1, -0.05) is 13.8 Å². The zero-order valence-corrected chi connectivity index (χ0v) is 11.1. The average Bonchev–Trinajstić information content (AvgIpc) is 2.58. The number of hydrogen-bond donors (Lipinski definition) is 2. The third-order valence-electron chi connectivity index (χ3n) is 2.65. The summed E-state index contributed by atoms with van der Waals surface area (Å²) in [6, 6.07) is 1.93. The normalized spacial score (nSPS) is 11.3. The van der Waals surface area contributed by atoms with Crippen LogP contribution in [-0.4, -0.2) is 21.6 Å². The number of carbonyl (C=O) groups excluding carboxylic acids is 1. The van der Waals surface area contributed by atoms with Gasteiger partial charge >= 0.3 is 5.97 Å². The van der Waals surface area contributed by atoms with Crippen LogP contribution in [0.4, 0.5) is 0 Å². The molecule has 5 heteroatoms. The number of aromatic nitrogens is 1. The molecule has 0 radical (unpaired) electrons. The number of aliphatic carboxylic acids is 1. The number of carboxylic acid groups (broad SMARTS) is 1. The maximum Gasteiger partial charge on any atom is 0.303 e. The number of amides is 1. The van der Waals surface area contributed by atoms with Gasteiger partial charge in [-0.2, -0.15) is 0 Å². The van der Waals surface area contributed by atoms with Crippen molar-refractivity contribution in [2.75, 3.05) is 0 Å². The average molecular weight is 252 g/mol. The summed E-state index contributed by atoms with van der Waals surface area (Å²) >= 11 is 0. The molecule has 1 rings (SSSR count). The highest BCUT2D eigenvalue weighted by Crippen LogP contribution is 2.24. The van der Waals surface area contributed by atoms with Gasteiger partial charge in [0.1, 0.15) is 0 Å². The topological polar surface area (TPSA) is 71.3 Å². The molecule has 0 spiro atoms. The van der Waals surface area contributed by atoms with Crippen molar-refractivity contribution < 1.29 is 14.7 Å². The number of nitrogens with zero attached hydrogens (tertiary/aromatic N) is 1. The largest absolute Gasteiger partial charge is 0.481 e. The number of nitrogens with one attached hydrogen (secondary N) is 1. The zero-order valence-electron chi connectivity index (χ0n) is 11.1. The van der Waals surface area contributed by atoms with Gasteiger partial charge in [0.15, 0.2) is 0 Å². The first-order valence-corrected chi connectivity index (χ1v) is 5.88. The molecule has 0 aliphatic carbocycles. The molecule has 2 N–H and O–H groups in total. The monoisotopic (exact) mass is 252 g/mol. The number of hydrogen-bond acceptors (Lipinski definition) is 2. The van der Waals surface area contributed by atoms with Crippen molar-refractivity contribution in [1.29, 1.82) is 0 Å². The Morgan fingerprint density at radius 3 is 2.56 bits per heavy atom. The van der Waals surface area contributed by atoms with E-state index in [2.05, 4.69) is 5.32 Å². The highest BCUT2D eigenvalue weighted by molar-refractivity contribution is 5.77. The standard InChI is InChI=1S/C13H20N2O3/c1-13(2,7-12(17)18)6-11(16)14-8-10-4-5-15(3)9-10/h4-5,9H,6-8H2,1-3H3,(H,14,16)(H,17,18). The van der Waals surface area contributed by atoms with Gasteiger partial charge in [-0.3, -0.25) is 9.59 Å². The molecule has 0 saturated carbocycles. The first-order valence-electron chi connectivity index (χ1n) is 5.88. The number of carboxylic acids is 1. The quantitative estimate of drug-likeness (QED) is 0.806. The first-order chi connectivity index (χ1) is 8.28. The summed E-state index contributed by atoms with van der Waals surface area (Å²) in [5.74, 6) is -0.999. The van der Waals surface area contributed by atoms with Crippen molar-refractivity contribution in [3.05, 3.63) is 24.0 Å². The third kappa shape index (κ3) is 5.03. The van der Waals surface area contributed by atoms with Crippen molar-refractivity contribution in [1.82, 2.24) is 9.88 Å². The lowest BCUT2D eigenvalue weighted by Gasteiger charge is -2.21. The van der Waals surface area contributed by atoms with E-state index in [-0.39, 0.29) is 18.7 Å². The molecule has 1 aromatic heterocycles. The zero-order chi connectivity index (χ0) is 13.8. The Balaban J connectivity index is 2.39. The predicted molar refractivity (Wildman–Crippen MR) is 67.9 cm³/mol. The van der Waals surface area contributed by atoms with E-state index < -0.39 is 11.4 Å². The van der Waals surface area contributed by atoms with Crippen molar-refractivity contribution in [2.24, 2.45) is 12.5 Å². The maximum atomic E-state index is 11.7. The molecule has 100 valence electrons. The predicted octanol–water partition coefficient (Wildman–Crippen LogP) is 1.53. The lowest BCUT2D eigenvalue weighted by Crippen LogP contribution is -2.29. The molecule has 0 aromatic carbocycles. The SMILES string of the molecule is Cn1ccc(CNC(=O)CC(C)(C)CC(=O)O)c1. The molecule has 0 aliphatic rings. The summed E-state index contributed by atoms with van der Waals surface area (Å²) in [4.78, 5) is 22.4. The molecule has 18 heavy (non-hydrogen) atoms. The number of aryl methyl sites for hydroxylation is 1. The van der Waals surface area contributed by atoms with Gasteiger partial charge in [0.2, 0.25) is 5.91 Å². The Morgan fingerprint density at radius 1 is 1.39 bits per heavy atom. The fourth-order valence-electron chi connectivity index (χ4n) is 1.84. The van der Waals surface area contributed by atoms with Gasteiger partial charge in [0.05, 0.1) is 6.42 Å². The Morgan fingerprint density at radius 2 is 2.06 bits per heavy atom. The molecular weight excluding hydrogens is 232 g/mol. The van der Waals surface area contributed by atoms with Crippen LogP contribution in [0.3, 0.4) is 0 Å². The van der Waals surface area contributed by atoms with E-state index in [4.69, 9.17) is 5.11 Å². The van der Waals surface area contributed by atoms with Crippen LogP contribution in [0.1, 0.15) is 32.3 Å². The van der Waals surface area contributed by atoms with Gasteiger partial charge < -0.3 is 15.0 Å². The molecule has 0 aliphatic heterocycles. The fraction of sp³-hybridized carbons (Fsp3) is 0.538. The molecular formula is C13H20N2O3. The molecule has 0 atom stereocenters. The van der Waals surface area contributed by atoms with E-state index in [0.717, 1.165) is 5.56 Å². The van der Waals surface area contributed by atoms with Crippen LogP contribution < -0.4 is 5.32 Å². The van der Waals surface area contributed by atoms with Crippen molar-refractivity contribution in [3.63, 3.8) is 0 Å². The Hall–Kier alpha value is -1.78. The first kappa shape index (κ1) is 14.3. The molecule has 0 fully saturated rings. The summed E-state index contributed by atoms with van der Waals surface area (Å²) in [6.45, 7) is 4.04. The van der Waals surface area contributed by atoms with Crippen LogP contribution in [0.15, 0.2) is 18.5 Å². The van der Waals surface area contributed by atoms with Crippen LogP contribution in [-0.2, 0) is 23.2 Å². The van der Waals surface area contributed by atoms with Gasteiger partial charge in [-0.25, -0.2) is 0 Å².